The lowest BCUT2D eigenvalue weighted by molar-refractivity contribution is 0.0935. The lowest BCUT2D eigenvalue weighted by Gasteiger charge is -2.15. The third-order valence-electron chi connectivity index (χ3n) is 4.86. The van der Waals surface area contributed by atoms with Crippen LogP contribution in [0.15, 0.2) is 89.7 Å². The van der Waals surface area contributed by atoms with Gasteiger partial charge in [0.05, 0.1) is 6.04 Å². The zero-order valence-corrected chi connectivity index (χ0v) is 15.5. The first-order valence-electron chi connectivity index (χ1n) is 9.20. The molecule has 3 aromatic carbocycles. The van der Waals surface area contributed by atoms with E-state index >= 15 is 0 Å². The van der Waals surface area contributed by atoms with E-state index in [4.69, 9.17) is 0 Å². The smallest absolute Gasteiger partial charge is 0.268 e. The number of hydrogen-bond acceptors (Lipinski definition) is 2. The van der Waals surface area contributed by atoms with Crippen LogP contribution in [-0.2, 0) is 0 Å². The van der Waals surface area contributed by atoms with Crippen LogP contribution in [0.5, 0.6) is 0 Å². The Morgan fingerprint density at radius 1 is 0.857 bits per heavy atom. The summed E-state index contributed by atoms with van der Waals surface area (Å²) in [4.78, 5) is 27.5. The average Bonchev–Trinajstić information content (AvgIpc) is 2.74. The maximum Gasteiger partial charge on any atom is 0.268 e. The number of hydrogen-bond donors (Lipinski definition) is 2. The molecule has 4 rings (SSSR count). The molecule has 0 fully saturated rings. The second-order valence-corrected chi connectivity index (χ2v) is 6.78. The van der Waals surface area contributed by atoms with Gasteiger partial charge in [0.25, 0.3) is 11.5 Å². The Hall–Kier alpha value is -3.66. The van der Waals surface area contributed by atoms with Crippen molar-refractivity contribution in [1.82, 2.24) is 10.3 Å². The number of aromatic nitrogens is 1. The summed E-state index contributed by atoms with van der Waals surface area (Å²) in [5, 5.41) is 4.27. The van der Waals surface area contributed by atoms with Gasteiger partial charge in [0.1, 0.15) is 5.69 Å². The van der Waals surface area contributed by atoms with E-state index in [1.165, 1.54) is 0 Å². The molecule has 0 unspecified atom stereocenters. The number of amides is 1. The Labute approximate surface area is 162 Å². The summed E-state index contributed by atoms with van der Waals surface area (Å²) in [5.41, 5.74) is 3.27. The van der Waals surface area contributed by atoms with Gasteiger partial charge in [-0.05, 0) is 41.1 Å². The minimum Gasteiger partial charge on any atom is -0.344 e. The van der Waals surface area contributed by atoms with Crippen LogP contribution in [0, 0.1) is 0 Å². The third kappa shape index (κ3) is 3.58. The van der Waals surface area contributed by atoms with Gasteiger partial charge in [0, 0.05) is 5.39 Å². The molecule has 2 N–H and O–H groups in total. The van der Waals surface area contributed by atoms with E-state index in [9.17, 15) is 9.59 Å². The predicted molar refractivity (Wildman–Crippen MR) is 112 cm³/mol. The first kappa shape index (κ1) is 17.7. The molecule has 1 heterocycles. The number of carbonyl (C=O) groups excluding carboxylic acids is 1. The molecule has 4 heteroatoms. The van der Waals surface area contributed by atoms with Crippen molar-refractivity contribution < 1.29 is 4.79 Å². The van der Waals surface area contributed by atoms with Gasteiger partial charge in [-0.1, -0.05) is 72.8 Å². The number of H-pyrrole nitrogens is 1. The van der Waals surface area contributed by atoms with E-state index in [0.29, 0.717) is 5.39 Å². The molecule has 0 bridgehead atoms. The van der Waals surface area contributed by atoms with Crippen molar-refractivity contribution in [3.63, 3.8) is 0 Å². The van der Waals surface area contributed by atoms with Gasteiger partial charge in [-0.2, -0.15) is 0 Å². The summed E-state index contributed by atoms with van der Waals surface area (Å²) in [5.74, 6) is -0.303. The fourth-order valence-corrected chi connectivity index (χ4v) is 3.29. The highest BCUT2D eigenvalue weighted by atomic mass is 16.2. The van der Waals surface area contributed by atoms with Gasteiger partial charge >= 0.3 is 0 Å². The summed E-state index contributed by atoms with van der Waals surface area (Å²) in [7, 11) is 0. The number of carbonyl (C=O) groups is 1. The molecule has 0 aliphatic rings. The van der Waals surface area contributed by atoms with Crippen molar-refractivity contribution in [1.29, 1.82) is 0 Å². The molecule has 1 aromatic heterocycles. The van der Waals surface area contributed by atoms with Gasteiger partial charge in [0.15, 0.2) is 0 Å². The largest absolute Gasteiger partial charge is 0.344 e. The molecule has 138 valence electrons. The van der Waals surface area contributed by atoms with E-state index in [2.05, 4.69) is 22.4 Å². The van der Waals surface area contributed by atoms with Crippen molar-refractivity contribution in [2.45, 2.75) is 13.0 Å². The van der Waals surface area contributed by atoms with Crippen LogP contribution in [-0.4, -0.2) is 10.9 Å². The van der Waals surface area contributed by atoms with Gasteiger partial charge in [-0.3, -0.25) is 9.59 Å². The molecule has 1 amide bonds. The third-order valence-corrected chi connectivity index (χ3v) is 4.86. The molecule has 0 saturated carbocycles. The standard InChI is InChI=1S/C24H20N2O2/c1-16(17-11-13-19(14-12-17)18-7-3-2-4-8-18)25-24(28)22-15-20-9-5-6-10-21(20)23(27)26-22/h2-16H,1H3,(H,25,28)(H,26,27)/t16-/m1/s1. The molecule has 1 atom stereocenters. The van der Waals surface area contributed by atoms with Gasteiger partial charge in [-0.25, -0.2) is 0 Å². The number of nitrogens with one attached hydrogen (secondary N) is 2. The highest BCUT2D eigenvalue weighted by Gasteiger charge is 2.14. The summed E-state index contributed by atoms with van der Waals surface area (Å²) in [6.07, 6.45) is 0. The first-order valence-corrected chi connectivity index (χ1v) is 9.20. The maximum atomic E-state index is 12.6. The Bertz CT molecular complexity index is 1180. The normalized spacial score (nSPS) is 11.9. The van der Waals surface area contributed by atoms with Crippen molar-refractivity contribution >= 4 is 16.7 Å². The molecule has 28 heavy (non-hydrogen) atoms. The van der Waals surface area contributed by atoms with Crippen LogP contribution in [0.1, 0.15) is 29.0 Å². The zero-order valence-electron chi connectivity index (χ0n) is 15.5. The molecule has 0 spiro atoms. The second-order valence-electron chi connectivity index (χ2n) is 6.78. The summed E-state index contributed by atoms with van der Waals surface area (Å²) >= 11 is 0. The fraction of sp³-hybridized carbons (Fsp3) is 0.0833. The zero-order chi connectivity index (χ0) is 19.5. The minimum absolute atomic E-state index is 0.188. The van der Waals surface area contributed by atoms with Crippen molar-refractivity contribution in [3.05, 3.63) is 107 Å². The second kappa shape index (κ2) is 7.53. The maximum absolute atomic E-state index is 12.6. The monoisotopic (exact) mass is 368 g/mol. The molecule has 0 radical (unpaired) electrons. The minimum atomic E-state index is -0.303. The molecule has 0 saturated heterocycles. The highest BCUT2D eigenvalue weighted by molar-refractivity contribution is 5.96. The van der Waals surface area contributed by atoms with E-state index in [-0.39, 0.29) is 23.2 Å². The number of fused-ring (bicyclic) bond motifs is 1. The lowest BCUT2D eigenvalue weighted by Crippen LogP contribution is -2.29. The quantitative estimate of drug-likeness (QED) is 0.549. The summed E-state index contributed by atoms with van der Waals surface area (Å²) < 4.78 is 0. The van der Waals surface area contributed by atoms with Crippen molar-refractivity contribution in [3.8, 4) is 11.1 Å². The first-order chi connectivity index (χ1) is 13.6. The highest BCUT2D eigenvalue weighted by Crippen LogP contribution is 2.22. The van der Waals surface area contributed by atoms with Crippen LogP contribution < -0.4 is 10.9 Å². The fourth-order valence-electron chi connectivity index (χ4n) is 3.29. The van der Waals surface area contributed by atoms with Crippen LogP contribution >= 0.6 is 0 Å². The lowest BCUT2D eigenvalue weighted by atomic mass is 10.0. The topological polar surface area (TPSA) is 62.0 Å². The summed E-state index contributed by atoms with van der Waals surface area (Å²) in [6, 6.07) is 27.0. The number of benzene rings is 3. The molecule has 0 aliphatic heterocycles. The van der Waals surface area contributed by atoms with E-state index in [1.54, 1.807) is 18.2 Å². The van der Waals surface area contributed by atoms with Gasteiger partial charge in [0.2, 0.25) is 0 Å². The van der Waals surface area contributed by atoms with Gasteiger partial charge < -0.3 is 10.3 Å². The molecule has 4 aromatic rings. The van der Waals surface area contributed by atoms with E-state index in [1.807, 2.05) is 61.5 Å². The Morgan fingerprint density at radius 3 is 2.25 bits per heavy atom. The Kier molecular flexibility index (Phi) is 4.77. The van der Waals surface area contributed by atoms with E-state index < -0.39 is 0 Å². The van der Waals surface area contributed by atoms with E-state index in [0.717, 1.165) is 22.1 Å². The predicted octanol–water partition coefficient (Wildman–Crippen LogP) is 4.69. The van der Waals surface area contributed by atoms with Crippen molar-refractivity contribution in [2.24, 2.45) is 0 Å². The van der Waals surface area contributed by atoms with Crippen LogP contribution in [0.3, 0.4) is 0 Å². The molecule has 4 nitrogen and oxygen atoms in total. The summed E-state index contributed by atoms with van der Waals surface area (Å²) in [6.45, 7) is 1.93. The Morgan fingerprint density at radius 2 is 1.50 bits per heavy atom. The molecular weight excluding hydrogens is 348 g/mol. The van der Waals surface area contributed by atoms with Crippen LogP contribution in [0.4, 0.5) is 0 Å². The van der Waals surface area contributed by atoms with Crippen LogP contribution in [0.25, 0.3) is 21.9 Å². The molecule has 0 aliphatic carbocycles. The van der Waals surface area contributed by atoms with Crippen LogP contribution in [0.2, 0.25) is 0 Å². The number of rotatable bonds is 4. The number of pyridine rings is 1. The van der Waals surface area contributed by atoms with Gasteiger partial charge in [-0.15, -0.1) is 0 Å². The Balaban J connectivity index is 1.52. The average molecular weight is 368 g/mol. The number of aromatic amines is 1. The molecular formula is C24H20N2O2. The SMILES string of the molecule is C[C@@H](NC(=O)c1cc2ccccc2c(=O)[nH]1)c1ccc(-c2ccccc2)cc1. The van der Waals surface area contributed by atoms with Crippen molar-refractivity contribution in [2.75, 3.05) is 0 Å².